The highest BCUT2D eigenvalue weighted by molar-refractivity contribution is 6.00. The average Bonchev–Trinajstić information content (AvgIpc) is 3.17. The second-order valence-electron chi connectivity index (χ2n) is 8.17. The Morgan fingerprint density at radius 3 is 2.39 bits per heavy atom. The van der Waals surface area contributed by atoms with Crippen molar-refractivity contribution in [3.05, 3.63) is 23.4 Å². The van der Waals surface area contributed by atoms with Gasteiger partial charge in [-0.25, -0.2) is 0 Å². The fraction of sp³-hybridized carbons (Fsp3) is 0.700. The summed E-state index contributed by atoms with van der Waals surface area (Å²) in [5.41, 5.74) is 0.810. The smallest absolute Gasteiger partial charge is 0.348 e. The topological polar surface area (TPSA) is 55.8 Å². The molecule has 2 aliphatic carbocycles. The number of allylic oxidation sites excluding steroid dienone is 3. The third-order valence-electron chi connectivity index (χ3n) is 6.35. The van der Waals surface area contributed by atoms with Crippen LogP contribution in [0.2, 0.25) is 0 Å². The molecule has 1 amide bonds. The summed E-state index contributed by atoms with van der Waals surface area (Å²) in [5, 5.41) is 0. The first-order valence-corrected chi connectivity index (χ1v) is 9.81. The van der Waals surface area contributed by atoms with Crippen molar-refractivity contribution >= 4 is 11.7 Å². The Labute approximate surface area is 161 Å². The third kappa shape index (κ3) is 3.52. The van der Waals surface area contributed by atoms with Crippen molar-refractivity contribution in [1.29, 1.82) is 0 Å². The van der Waals surface area contributed by atoms with Gasteiger partial charge in [0.05, 0.1) is 31.5 Å². The number of nitrogens with zero attached hydrogens (tertiary/aromatic N) is 1. The van der Waals surface area contributed by atoms with Crippen molar-refractivity contribution in [2.75, 3.05) is 19.8 Å². The highest BCUT2D eigenvalue weighted by Gasteiger charge is 2.48. The summed E-state index contributed by atoms with van der Waals surface area (Å²) in [6.07, 6.45) is -0.0364. The number of hydrogen-bond acceptors (Lipinski definition) is 4. The maximum atomic E-state index is 13.1. The van der Waals surface area contributed by atoms with Gasteiger partial charge in [0, 0.05) is 25.1 Å². The SMILES string of the molecule is CC1C(=O)N(CC2CCC3(CC2)OCCO3)C2=C1C=CC(=O)C2CC(F)(F)F. The van der Waals surface area contributed by atoms with Gasteiger partial charge in [-0.2, -0.15) is 13.2 Å². The minimum Gasteiger partial charge on any atom is -0.348 e. The Hall–Kier alpha value is -1.67. The lowest BCUT2D eigenvalue weighted by Gasteiger charge is -2.38. The summed E-state index contributed by atoms with van der Waals surface area (Å²) in [4.78, 5) is 26.5. The fourth-order valence-electron chi connectivity index (χ4n) is 4.87. The molecule has 0 aromatic rings. The first kappa shape index (κ1) is 19.6. The molecule has 1 saturated carbocycles. The quantitative estimate of drug-likeness (QED) is 0.730. The molecule has 4 aliphatic rings. The molecule has 2 fully saturated rings. The van der Waals surface area contributed by atoms with Gasteiger partial charge in [0.25, 0.3) is 0 Å². The van der Waals surface area contributed by atoms with Crippen molar-refractivity contribution in [3.8, 4) is 0 Å². The predicted molar refractivity (Wildman–Crippen MR) is 92.8 cm³/mol. The van der Waals surface area contributed by atoms with E-state index in [4.69, 9.17) is 9.47 Å². The molecule has 1 spiro atoms. The van der Waals surface area contributed by atoms with Crippen LogP contribution in [-0.4, -0.2) is 48.3 Å². The van der Waals surface area contributed by atoms with Crippen LogP contribution in [0.25, 0.3) is 0 Å². The summed E-state index contributed by atoms with van der Waals surface area (Å²) in [6, 6.07) is 0. The van der Waals surface area contributed by atoms with Crippen LogP contribution >= 0.6 is 0 Å². The molecule has 2 unspecified atom stereocenters. The average molecular weight is 399 g/mol. The zero-order valence-corrected chi connectivity index (χ0v) is 15.8. The molecular weight excluding hydrogens is 375 g/mol. The standard InChI is InChI=1S/C20H24F3NO4/c1-12-14-2-3-16(25)15(10-20(21,22)23)17(14)24(18(12)26)11-13-4-6-19(7-5-13)27-8-9-28-19/h2-3,12-13,15H,4-11H2,1H3. The number of hydrogen-bond donors (Lipinski definition) is 0. The number of ether oxygens (including phenoxy) is 2. The highest BCUT2D eigenvalue weighted by atomic mass is 19.4. The van der Waals surface area contributed by atoms with E-state index in [1.54, 1.807) is 6.92 Å². The van der Waals surface area contributed by atoms with Crippen molar-refractivity contribution in [2.24, 2.45) is 17.8 Å². The van der Waals surface area contributed by atoms with Gasteiger partial charge in [-0.15, -0.1) is 0 Å². The van der Waals surface area contributed by atoms with E-state index >= 15 is 0 Å². The van der Waals surface area contributed by atoms with Crippen molar-refractivity contribution < 1.29 is 32.2 Å². The zero-order valence-electron chi connectivity index (χ0n) is 15.8. The van der Waals surface area contributed by atoms with Crippen LogP contribution in [0.15, 0.2) is 23.4 Å². The van der Waals surface area contributed by atoms with Crippen LogP contribution in [0.4, 0.5) is 13.2 Å². The van der Waals surface area contributed by atoms with E-state index < -0.39 is 36.0 Å². The molecule has 8 heteroatoms. The van der Waals surface area contributed by atoms with Gasteiger partial charge in [-0.1, -0.05) is 6.08 Å². The molecule has 154 valence electrons. The molecule has 0 aromatic heterocycles. The number of amides is 1. The molecule has 0 aromatic carbocycles. The second-order valence-corrected chi connectivity index (χ2v) is 8.17. The number of alkyl halides is 3. The molecule has 2 heterocycles. The van der Waals surface area contributed by atoms with Crippen LogP contribution in [0.3, 0.4) is 0 Å². The highest BCUT2D eigenvalue weighted by Crippen LogP contribution is 2.44. The molecule has 28 heavy (non-hydrogen) atoms. The molecular formula is C20H24F3NO4. The van der Waals surface area contributed by atoms with Gasteiger partial charge < -0.3 is 14.4 Å². The van der Waals surface area contributed by atoms with Crippen molar-refractivity contribution in [1.82, 2.24) is 4.90 Å². The summed E-state index contributed by atoms with van der Waals surface area (Å²) < 4.78 is 50.7. The second kappa shape index (κ2) is 6.99. The zero-order chi connectivity index (χ0) is 20.1. The predicted octanol–water partition coefficient (Wildman–Crippen LogP) is 3.36. The number of carbonyl (C=O) groups excluding carboxylic acids is 2. The summed E-state index contributed by atoms with van der Waals surface area (Å²) in [5.74, 6) is -3.03. The third-order valence-corrected chi connectivity index (χ3v) is 6.35. The molecule has 2 atom stereocenters. The van der Waals surface area contributed by atoms with Crippen LogP contribution in [0, 0.1) is 17.8 Å². The number of rotatable bonds is 3. The Bertz CT molecular complexity index is 726. The molecule has 5 nitrogen and oxygen atoms in total. The number of halogens is 3. The van der Waals surface area contributed by atoms with E-state index in [2.05, 4.69) is 0 Å². The number of carbonyl (C=O) groups is 2. The largest absolute Gasteiger partial charge is 0.390 e. The van der Waals surface area contributed by atoms with Gasteiger partial charge in [-0.3, -0.25) is 9.59 Å². The van der Waals surface area contributed by atoms with E-state index in [-0.39, 0.29) is 17.5 Å². The van der Waals surface area contributed by atoms with Gasteiger partial charge >= 0.3 is 6.18 Å². The molecule has 2 aliphatic heterocycles. The van der Waals surface area contributed by atoms with E-state index in [1.807, 2.05) is 0 Å². The van der Waals surface area contributed by atoms with Crippen LogP contribution in [0.5, 0.6) is 0 Å². The van der Waals surface area contributed by atoms with Crippen molar-refractivity contribution in [3.63, 3.8) is 0 Å². The van der Waals surface area contributed by atoms with Crippen LogP contribution in [0.1, 0.15) is 39.0 Å². The maximum absolute atomic E-state index is 13.1. The Morgan fingerprint density at radius 1 is 1.14 bits per heavy atom. The summed E-state index contributed by atoms with van der Waals surface area (Å²) in [6.45, 7) is 3.19. The molecule has 1 saturated heterocycles. The first-order chi connectivity index (χ1) is 13.2. The van der Waals surface area contributed by atoms with E-state index in [0.717, 1.165) is 12.8 Å². The maximum Gasteiger partial charge on any atom is 0.390 e. The van der Waals surface area contributed by atoms with E-state index in [9.17, 15) is 22.8 Å². The Balaban J connectivity index is 1.52. The van der Waals surface area contributed by atoms with Gasteiger partial charge in [-0.05, 0) is 37.3 Å². The summed E-state index contributed by atoms with van der Waals surface area (Å²) >= 11 is 0. The van der Waals surface area contributed by atoms with Gasteiger partial charge in [0.1, 0.15) is 0 Å². The lowest BCUT2D eigenvalue weighted by Crippen LogP contribution is -2.41. The fourth-order valence-corrected chi connectivity index (χ4v) is 4.87. The molecule has 0 bridgehead atoms. The van der Waals surface area contributed by atoms with Gasteiger partial charge in [0.15, 0.2) is 11.6 Å². The lowest BCUT2D eigenvalue weighted by atomic mass is 9.83. The normalized spacial score (nSPS) is 30.6. The molecule has 0 radical (unpaired) electrons. The summed E-state index contributed by atoms with van der Waals surface area (Å²) in [7, 11) is 0. The minimum absolute atomic E-state index is 0.147. The Morgan fingerprint density at radius 2 is 1.79 bits per heavy atom. The minimum atomic E-state index is -4.47. The lowest BCUT2D eigenvalue weighted by molar-refractivity contribution is -0.183. The molecule has 4 rings (SSSR count). The Kier molecular flexibility index (Phi) is 4.90. The van der Waals surface area contributed by atoms with E-state index in [1.165, 1.54) is 17.1 Å². The van der Waals surface area contributed by atoms with E-state index in [0.29, 0.717) is 38.2 Å². The van der Waals surface area contributed by atoms with Crippen LogP contribution in [-0.2, 0) is 19.1 Å². The first-order valence-electron chi connectivity index (χ1n) is 9.81. The molecule has 0 N–H and O–H groups in total. The van der Waals surface area contributed by atoms with Crippen molar-refractivity contribution in [2.45, 2.75) is 51.0 Å². The van der Waals surface area contributed by atoms with Crippen LogP contribution < -0.4 is 0 Å². The van der Waals surface area contributed by atoms with Gasteiger partial charge in [0.2, 0.25) is 5.91 Å². The monoisotopic (exact) mass is 399 g/mol. The number of ketones is 1.